The van der Waals surface area contributed by atoms with E-state index in [9.17, 15) is 9.18 Å². The molecule has 0 saturated carbocycles. The molecule has 6 nitrogen and oxygen atoms in total. The Kier molecular flexibility index (Phi) is 6.54. The maximum absolute atomic E-state index is 13.2. The van der Waals surface area contributed by atoms with Gasteiger partial charge >= 0.3 is 0 Å². The second-order valence-electron chi connectivity index (χ2n) is 7.49. The number of ether oxygens (including phenoxy) is 1. The van der Waals surface area contributed by atoms with Gasteiger partial charge in [-0.25, -0.2) is 4.39 Å². The molecule has 2 heterocycles. The summed E-state index contributed by atoms with van der Waals surface area (Å²) >= 11 is 0. The van der Waals surface area contributed by atoms with Crippen molar-refractivity contribution >= 4 is 17.7 Å². The number of aryl methyl sites for hydroxylation is 1. The Labute approximate surface area is 180 Å². The third kappa shape index (κ3) is 5.45. The highest BCUT2D eigenvalue weighted by Crippen LogP contribution is 2.24. The van der Waals surface area contributed by atoms with Crippen LogP contribution in [0.3, 0.4) is 0 Å². The number of anilines is 1. The molecule has 1 aliphatic rings. The molecule has 0 aliphatic carbocycles. The molecule has 1 saturated heterocycles. The SMILES string of the molecule is Cn1ncc(/C=C/C(=O)Nc2ccc(CN3CCOCC3)cc2)c1-c1ccc(F)cc1. The fourth-order valence-electron chi connectivity index (χ4n) is 3.60. The van der Waals surface area contributed by atoms with Crippen LogP contribution in [-0.4, -0.2) is 46.9 Å². The van der Waals surface area contributed by atoms with E-state index in [1.807, 2.05) is 31.3 Å². The molecule has 1 amide bonds. The lowest BCUT2D eigenvalue weighted by molar-refractivity contribution is -0.111. The molecule has 3 aromatic rings. The molecule has 1 aliphatic heterocycles. The van der Waals surface area contributed by atoms with Crippen molar-refractivity contribution in [3.05, 3.63) is 77.7 Å². The van der Waals surface area contributed by atoms with Crippen LogP contribution in [0.2, 0.25) is 0 Å². The van der Waals surface area contributed by atoms with Crippen molar-refractivity contribution in [2.45, 2.75) is 6.54 Å². The lowest BCUT2D eigenvalue weighted by Gasteiger charge is -2.26. The van der Waals surface area contributed by atoms with Gasteiger partial charge in [-0.15, -0.1) is 0 Å². The number of aromatic nitrogens is 2. The molecular formula is C24H25FN4O2. The van der Waals surface area contributed by atoms with Gasteiger partial charge in [0.15, 0.2) is 0 Å². The normalized spacial score (nSPS) is 14.8. The zero-order valence-electron chi connectivity index (χ0n) is 17.4. The van der Waals surface area contributed by atoms with Gasteiger partial charge in [0.05, 0.1) is 25.1 Å². The van der Waals surface area contributed by atoms with Crippen molar-refractivity contribution in [3.63, 3.8) is 0 Å². The van der Waals surface area contributed by atoms with Gasteiger partial charge in [0.2, 0.25) is 5.91 Å². The van der Waals surface area contributed by atoms with E-state index in [1.165, 1.54) is 23.8 Å². The van der Waals surface area contributed by atoms with E-state index in [4.69, 9.17) is 4.74 Å². The summed E-state index contributed by atoms with van der Waals surface area (Å²) < 4.78 is 20.3. The minimum Gasteiger partial charge on any atom is -0.379 e. The molecule has 160 valence electrons. The van der Waals surface area contributed by atoms with Crippen molar-refractivity contribution in [2.24, 2.45) is 7.05 Å². The highest BCUT2D eigenvalue weighted by molar-refractivity contribution is 6.02. The number of halogens is 1. The van der Waals surface area contributed by atoms with Crippen LogP contribution in [0, 0.1) is 5.82 Å². The molecule has 0 unspecified atom stereocenters. The van der Waals surface area contributed by atoms with Crippen LogP contribution in [0.4, 0.5) is 10.1 Å². The van der Waals surface area contributed by atoms with Crippen molar-refractivity contribution < 1.29 is 13.9 Å². The summed E-state index contributed by atoms with van der Waals surface area (Å²) in [6.07, 6.45) is 4.88. The highest BCUT2D eigenvalue weighted by atomic mass is 19.1. The number of rotatable bonds is 6. The summed E-state index contributed by atoms with van der Waals surface area (Å²) in [6.45, 7) is 4.32. The first-order chi connectivity index (χ1) is 15.1. The number of hydrogen-bond acceptors (Lipinski definition) is 4. The van der Waals surface area contributed by atoms with Gasteiger partial charge in [0.1, 0.15) is 5.82 Å². The Morgan fingerprint density at radius 3 is 2.55 bits per heavy atom. The molecule has 7 heteroatoms. The van der Waals surface area contributed by atoms with E-state index in [2.05, 4.69) is 15.3 Å². The van der Waals surface area contributed by atoms with E-state index in [0.717, 1.165) is 55.4 Å². The maximum atomic E-state index is 13.2. The Morgan fingerprint density at radius 1 is 1.13 bits per heavy atom. The Morgan fingerprint density at radius 2 is 1.84 bits per heavy atom. The number of benzene rings is 2. The van der Waals surface area contributed by atoms with E-state index < -0.39 is 0 Å². The molecule has 4 rings (SSSR count). The molecule has 0 bridgehead atoms. The predicted octanol–water partition coefficient (Wildman–Crippen LogP) is 3.71. The second kappa shape index (κ2) is 9.68. The number of carbonyl (C=O) groups excluding carboxylic acids is 1. The predicted molar refractivity (Wildman–Crippen MR) is 119 cm³/mol. The summed E-state index contributed by atoms with van der Waals surface area (Å²) in [5.41, 5.74) is 4.37. The Hall–Kier alpha value is -3.29. The summed E-state index contributed by atoms with van der Waals surface area (Å²) in [5, 5.41) is 7.14. The summed E-state index contributed by atoms with van der Waals surface area (Å²) in [6, 6.07) is 14.1. The number of carbonyl (C=O) groups is 1. The highest BCUT2D eigenvalue weighted by Gasteiger charge is 2.11. The van der Waals surface area contributed by atoms with Crippen LogP contribution >= 0.6 is 0 Å². The van der Waals surface area contributed by atoms with Crippen LogP contribution in [0.15, 0.2) is 60.8 Å². The number of nitrogens with one attached hydrogen (secondary N) is 1. The molecule has 0 atom stereocenters. The van der Waals surface area contributed by atoms with Gasteiger partial charge in [0.25, 0.3) is 0 Å². The topological polar surface area (TPSA) is 59.4 Å². The summed E-state index contributed by atoms with van der Waals surface area (Å²) in [4.78, 5) is 14.7. The maximum Gasteiger partial charge on any atom is 0.248 e. The zero-order chi connectivity index (χ0) is 21.6. The minimum absolute atomic E-state index is 0.227. The van der Waals surface area contributed by atoms with E-state index in [1.54, 1.807) is 29.1 Å². The monoisotopic (exact) mass is 420 g/mol. The van der Waals surface area contributed by atoms with Crippen molar-refractivity contribution in [2.75, 3.05) is 31.6 Å². The summed E-state index contributed by atoms with van der Waals surface area (Å²) in [5.74, 6) is -0.520. The van der Waals surface area contributed by atoms with Crippen molar-refractivity contribution in [1.82, 2.24) is 14.7 Å². The van der Waals surface area contributed by atoms with E-state index >= 15 is 0 Å². The molecule has 0 spiro atoms. The van der Waals surface area contributed by atoms with Crippen molar-refractivity contribution in [3.8, 4) is 11.3 Å². The average Bonchev–Trinajstić information content (AvgIpc) is 3.15. The molecule has 0 radical (unpaired) electrons. The van der Waals surface area contributed by atoms with E-state index in [-0.39, 0.29) is 11.7 Å². The largest absolute Gasteiger partial charge is 0.379 e. The quantitative estimate of drug-likeness (QED) is 0.618. The second-order valence-corrected chi connectivity index (χ2v) is 7.49. The van der Waals surface area contributed by atoms with Crippen LogP contribution in [0.1, 0.15) is 11.1 Å². The average molecular weight is 420 g/mol. The standard InChI is InChI=1S/C24H25FN4O2/c1-28-24(19-4-7-21(25)8-5-19)20(16-26-28)6-11-23(30)27-22-9-2-18(3-10-22)17-29-12-14-31-15-13-29/h2-11,16H,12-15,17H2,1H3,(H,27,30)/b11-6+. The smallest absolute Gasteiger partial charge is 0.248 e. The van der Waals surface area contributed by atoms with Gasteiger partial charge in [-0.3, -0.25) is 14.4 Å². The lowest BCUT2D eigenvalue weighted by atomic mass is 10.1. The Balaban J connectivity index is 1.38. The zero-order valence-corrected chi connectivity index (χ0v) is 17.4. The molecular weight excluding hydrogens is 395 g/mol. The van der Waals surface area contributed by atoms with Gasteiger partial charge < -0.3 is 10.1 Å². The number of morpholine rings is 1. The van der Waals surface area contributed by atoms with Crippen molar-refractivity contribution in [1.29, 1.82) is 0 Å². The van der Waals surface area contributed by atoms with Gasteiger partial charge in [-0.05, 0) is 48.0 Å². The fourth-order valence-corrected chi connectivity index (χ4v) is 3.60. The van der Waals surface area contributed by atoms with Gasteiger partial charge in [-0.1, -0.05) is 12.1 Å². The third-order valence-corrected chi connectivity index (χ3v) is 5.23. The fraction of sp³-hybridized carbons (Fsp3) is 0.250. The lowest BCUT2D eigenvalue weighted by Crippen LogP contribution is -2.35. The Bertz CT molecular complexity index is 1050. The molecule has 1 N–H and O–H groups in total. The number of hydrogen-bond donors (Lipinski definition) is 1. The molecule has 31 heavy (non-hydrogen) atoms. The number of amides is 1. The van der Waals surface area contributed by atoms with Crippen LogP contribution in [0.25, 0.3) is 17.3 Å². The molecule has 1 fully saturated rings. The first kappa shape index (κ1) is 21.0. The first-order valence-electron chi connectivity index (χ1n) is 10.2. The third-order valence-electron chi connectivity index (χ3n) is 5.23. The minimum atomic E-state index is -0.293. The summed E-state index contributed by atoms with van der Waals surface area (Å²) in [7, 11) is 1.81. The van der Waals surface area contributed by atoms with Gasteiger partial charge in [0, 0.05) is 49.6 Å². The van der Waals surface area contributed by atoms with Crippen LogP contribution < -0.4 is 5.32 Å². The van der Waals surface area contributed by atoms with E-state index in [0.29, 0.717) is 0 Å². The van der Waals surface area contributed by atoms with Crippen LogP contribution in [0.5, 0.6) is 0 Å². The van der Waals surface area contributed by atoms with Crippen LogP contribution in [-0.2, 0) is 23.1 Å². The first-order valence-corrected chi connectivity index (χ1v) is 10.2. The molecule has 2 aromatic carbocycles. The van der Waals surface area contributed by atoms with Gasteiger partial charge in [-0.2, -0.15) is 5.10 Å². The molecule has 1 aromatic heterocycles. The number of nitrogens with zero attached hydrogens (tertiary/aromatic N) is 3.